The summed E-state index contributed by atoms with van der Waals surface area (Å²) in [6.07, 6.45) is 0.805. The number of aryl methyl sites for hydroxylation is 1. The Morgan fingerprint density at radius 3 is 2.12 bits per heavy atom. The van der Waals surface area contributed by atoms with E-state index in [0.717, 1.165) is 0 Å². The summed E-state index contributed by atoms with van der Waals surface area (Å²) in [6.45, 7) is 3.65. The minimum atomic E-state index is -0.529. The number of Topliss-reactive ketones (excluding diaryl/α,β-unsaturated/α-hetero) is 1. The van der Waals surface area contributed by atoms with Gasteiger partial charge in [-0.1, -0.05) is 13.8 Å². The molecule has 0 aliphatic heterocycles. The Morgan fingerprint density at radius 2 is 1.69 bits per heavy atom. The molecule has 0 aliphatic rings. The molecule has 0 atom stereocenters. The second kappa shape index (κ2) is 4.88. The lowest BCUT2D eigenvalue weighted by Crippen LogP contribution is -2.07. The molecule has 0 aromatic heterocycles. The number of carbonyl (C=O) groups is 1. The van der Waals surface area contributed by atoms with E-state index in [2.05, 4.69) is 0 Å². The van der Waals surface area contributed by atoms with E-state index in [9.17, 15) is 15.0 Å². The van der Waals surface area contributed by atoms with Gasteiger partial charge in [0.1, 0.15) is 5.78 Å². The highest BCUT2D eigenvalue weighted by Gasteiger charge is 2.11. The van der Waals surface area contributed by atoms with Crippen molar-refractivity contribution in [2.75, 3.05) is 0 Å². The second-order valence-electron chi connectivity index (χ2n) is 4.10. The highest BCUT2D eigenvalue weighted by atomic mass is 16.3. The third-order valence-corrected chi connectivity index (χ3v) is 2.43. The summed E-state index contributed by atoms with van der Waals surface area (Å²) < 4.78 is 0. The first-order chi connectivity index (χ1) is 7.41. The number of rotatable bonds is 4. The molecule has 1 aromatic carbocycles. The number of hydrogen-bond acceptors (Lipinski definition) is 4. The van der Waals surface area contributed by atoms with Gasteiger partial charge in [-0.3, -0.25) is 4.79 Å². The van der Waals surface area contributed by atoms with Crippen LogP contribution in [-0.2, 0) is 11.2 Å². The van der Waals surface area contributed by atoms with Crippen molar-refractivity contribution < 1.29 is 20.1 Å². The number of phenols is 3. The van der Waals surface area contributed by atoms with Gasteiger partial charge in [0, 0.05) is 12.3 Å². The fraction of sp³-hybridized carbons (Fsp3) is 0.417. The molecule has 0 spiro atoms. The Hall–Kier alpha value is -1.71. The Kier molecular flexibility index (Phi) is 3.77. The zero-order valence-electron chi connectivity index (χ0n) is 9.40. The van der Waals surface area contributed by atoms with Crippen LogP contribution < -0.4 is 0 Å². The Balaban J connectivity index is 2.72. The lowest BCUT2D eigenvalue weighted by molar-refractivity contribution is -0.121. The van der Waals surface area contributed by atoms with Crippen LogP contribution in [0.15, 0.2) is 12.1 Å². The molecular weight excluding hydrogens is 208 g/mol. The van der Waals surface area contributed by atoms with Crippen LogP contribution in [0.1, 0.15) is 25.8 Å². The normalized spacial score (nSPS) is 10.7. The van der Waals surface area contributed by atoms with E-state index in [4.69, 9.17) is 5.11 Å². The van der Waals surface area contributed by atoms with E-state index >= 15 is 0 Å². The van der Waals surface area contributed by atoms with Gasteiger partial charge in [-0.15, -0.1) is 0 Å². The Labute approximate surface area is 94.2 Å². The van der Waals surface area contributed by atoms with Crippen LogP contribution in [0, 0.1) is 5.92 Å². The summed E-state index contributed by atoms with van der Waals surface area (Å²) in [6, 6.07) is 2.70. The lowest BCUT2D eigenvalue weighted by Gasteiger charge is -2.06. The van der Waals surface area contributed by atoms with Crippen LogP contribution >= 0.6 is 0 Å². The standard InChI is InChI=1S/C12H16O4/c1-7(2)9(13)4-3-8-5-10(14)12(16)11(15)6-8/h5-7,14-16H,3-4H2,1-2H3. The Morgan fingerprint density at radius 1 is 1.19 bits per heavy atom. The maximum absolute atomic E-state index is 11.4. The molecule has 88 valence electrons. The summed E-state index contributed by atoms with van der Waals surface area (Å²) in [5, 5.41) is 27.7. The molecule has 4 heteroatoms. The molecule has 3 N–H and O–H groups in total. The summed E-state index contributed by atoms with van der Waals surface area (Å²) in [5.74, 6) is -1.15. The molecule has 0 aliphatic carbocycles. The fourth-order valence-electron chi connectivity index (χ4n) is 1.36. The highest BCUT2D eigenvalue weighted by Crippen LogP contribution is 2.35. The second-order valence-corrected chi connectivity index (χ2v) is 4.10. The minimum absolute atomic E-state index is 0.0145. The molecular formula is C12H16O4. The van der Waals surface area contributed by atoms with E-state index in [0.29, 0.717) is 18.4 Å². The minimum Gasteiger partial charge on any atom is -0.504 e. The van der Waals surface area contributed by atoms with Crippen LogP contribution in [-0.4, -0.2) is 21.1 Å². The summed E-state index contributed by atoms with van der Waals surface area (Å²) >= 11 is 0. The molecule has 1 rings (SSSR count). The van der Waals surface area contributed by atoms with Crippen LogP contribution in [0.4, 0.5) is 0 Å². The van der Waals surface area contributed by atoms with Crippen molar-refractivity contribution in [2.45, 2.75) is 26.7 Å². The SMILES string of the molecule is CC(C)C(=O)CCc1cc(O)c(O)c(O)c1. The number of aromatic hydroxyl groups is 3. The predicted octanol–water partition coefficient (Wildman–Crippen LogP) is 1.96. The van der Waals surface area contributed by atoms with Gasteiger partial charge in [0.2, 0.25) is 0 Å². The van der Waals surface area contributed by atoms with Crippen molar-refractivity contribution in [3.05, 3.63) is 17.7 Å². The molecule has 0 heterocycles. The van der Waals surface area contributed by atoms with Gasteiger partial charge in [0.05, 0.1) is 0 Å². The quantitative estimate of drug-likeness (QED) is 0.683. The maximum Gasteiger partial charge on any atom is 0.200 e. The summed E-state index contributed by atoms with van der Waals surface area (Å²) in [7, 11) is 0. The van der Waals surface area contributed by atoms with Gasteiger partial charge >= 0.3 is 0 Å². The zero-order chi connectivity index (χ0) is 12.3. The van der Waals surface area contributed by atoms with E-state index in [1.54, 1.807) is 0 Å². The van der Waals surface area contributed by atoms with Gasteiger partial charge in [0.25, 0.3) is 0 Å². The molecule has 0 saturated heterocycles. The smallest absolute Gasteiger partial charge is 0.200 e. The van der Waals surface area contributed by atoms with Crippen LogP contribution in [0.3, 0.4) is 0 Å². The van der Waals surface area contributed by atoms with Gasteiger partial charge in [-0.2, -0.15) is 0 Å². The third-order valence-electron chi connectivity index (χ3n) is 2.43. The third kappa shape index (κ3) is 2.89. The predicted molar refractivity (Wildman–Crippen MR) is 59.6 cm³/mol. The van der Waals surface area contributed by atoms with Crippen LogP contribution in [0.2, 0.25) is 0 Å². The average molecular weight is 224 g/mol. The fourth-order valence-corrected chi connectivity index (χ4v) is 1.36. The number of ketones is 1. The molecule has 0 bridgehead atoms. The first kappa shape index (κ1) is 12.4. The van der Waals surface area contributed by atoms with Crippen molar-refractivity contribution >= 4 is 5.78 Å². The molecule has 4 nitrogen and oxygen atoms in total. The molecule has 0 amide bonds. The molecule has 1 aromatic rings. The summed E-state index contributed by atoms with van der Waals surface area (Å²) in [5.41, 5.74) is 0.627. The lowest BCUT2D eigenvalue weighted by atomic mass is 10.0. The topological polar surface area (TPSA) is 77.8 Å². The van der Waals surface area contributed by atoms with Crippen molar-refractivity contribution in [1.29, 1.82) is 0 Å². The number of benzene rings is 1. The monoisotopic (exact) mass is 224 g/mol. The van der Waals surface area contributed by atoms with E-state index in [-0.39, 0.29) is 23.2 Å². The van der Waals surface area contributed by atoms with Crippen molar-refractivity contribution in [2.24, 2.45) is 5.92 Å². The maximum atomic E-state index is 11.4. The van der Waals surface area contributed by atoms with E-state index < -0.39 is 5.75 Å². The number of hydrogen-bond donors (Lipinski definition) is 3. The van der Waals surface area contributed by atoms with Crippen molar-refractivity contribution in [1.82, 2.24) is 0 Å². The summed E-state index contributed by atoms with van der Waals surface area (Å²) in [4.78, 5) is 11.4. The zero-order valence-corrected chi connectivity index (χ0v) is 9.40. The molecule has 0 fully saturated rings. The largest absolute Gasteiger partial charge is 0.504 e. The van der Waals surface area contributed by atoms with E-state index in [1.807, 2.05) is 13.8 Å². The van der Waals surface area contributed by atoms with Crippen molar-refractivity contribution in [3.63, 3.8) is 0 Å². The van der Waals surface area contributed by atoms with Crippen molar-refractivity contribution in [3.8, 4) is 17.2 Å². The van der Waals surface area contributed by atoms with Crippen LogP contribution in [0.5, 0.6) is 17.2 Å². The van der Waals surface area contributed by atoms with Gasteiger partial charge in [0.15, 0.2) is 17.2 Å². The molecule has 16 heavy (non-hydrogen) atoms. The molecule has 0 saturated carbocycles. The molecule has 0 radical (unpaired) electrons. The van der Waals surface area contributed by atoms with Gasteiger partial charge < -0.3 is 15.3 Å². The van der Waals surface area contributed by atoms with Gasteiger partial charge in [-0.05, 0) is 24.1 Å². The number of phenolic OH excluding ortho intramolecular Hbond substituents is 3. The Bertz CT molecular complexity index is 373. The van der Waals surface area contributed by atoms with E-state index in [1.165, 1.54) is 12.1 Å². The van der Waals surface area contributed by atoms with Gasteiger partial charge in [-0.25, -0.2) is 0 Å². The molecule has 0 unspecified atom stereocenters. The average Bonchev–Trinajstić information content (AvgIpc) is 2.22. The first-order valence-corrected chi connectivity index (χ1v) is 5.18. The first-order valence-electron chi connectivity index (χ1n) is 5.18. The number of carbonyl (C=O) groups excluding carboxylic acids is 1. The highest BCUT2D eigenvalue weighted by molar-refractivity contribution is 5.80. The van der Waals surface area contributed by atoms with Crippen LogP contribution in [0.25, 0.3) is 0 Å².